The Hall–Kier alpha value is -1.20. The van der Waals surface area contributed by atoms with Crippen molar-refractivity contribution < 1.29 is 30.5 Å². The van der Waals surface area contributed by atoms with Crippen LogP contribution in [0.4, 0.5) is 4.79 Å². The number of halogens is 1. The molecule has 1 amide bonds. The first kappa shape index (κ1) is 20.8. The summed E-state index contributed by atoms with van der Waals surface area (Å²) in [4.78, 5) is 13.3. The van der Waals surface area contributed by atoms with E-state index in [9.17, 15) is 13.2 Å². The van der Waals surface area contributed by atoms with Gasteiger partial charge in [-0.3, -0.25) is 4.18 Å². The highest BCUT2D eigenvalue weighted by Crippen LogP contribution is 2.57. The number of methoxy groups -OCH3 is 1. The van der Waals surface area contributed by atoms with Gasteiger partial charge < -0.3 is 14.4 Å². The predicted octanol–water partition coefficient (Wildman–Crippen LogP) is 2.65. The van der Waals surface area contributed by atoms with Crippen molar-refractivity contribution in [2.75, 3.05) is 40.8 Å². The summed E-state index contributed by atoms with van der Waals surface area (Å²) in [6.07, 6.45) is 2.56. The number of nitrogens with zero attached hydrogens (tertiary/aromatic N) is 1. The van der Waals surface area contributed by atoms with Crippen molar-refractivity contribution in [3.8, 4) is 11.5 Å². The predicted molar refractivity (Wildman–Crippen MR) is 92.4 cm³/mol. The summed E-state index contributed by atoms with van der Waals surface area (Å²) in [6, 6.07) is 2.84. The summed E-state index contributed by atoms with van der Waals surface area (Å²) in [5.74, 6) is 0.355. The highest BCUT2D eigenvalue weighted by molar-refractivity contribution is 8.31. The zero-order valence-corrected chi connectivity index (χ0v) is 16.5. The SMILES string of the molecule is COc1cc(OC(=O)N(C)C)c(Cl)cc1S(C)(C)OS(=O)(=O)OC. The molecule has 11 heteroatoms. The van der Waals surface area contributed by atoms with E-state index in [1.807, 2.05) is 0 Å². The summed E-state index contributed by atoms with van der Waals surface area (Å²) < 4.78 is 43.0. The molecule has 0 saturated carbocycles. The molecule has 24 heavy (non-hydrogen) atoms. The van der Waals surface area contributed by atoms with Crippen LogP contribution in [0.15, 0.2) is 17.0 Å². The highest BCUT2D eigenvalue weighted by atomic mass is 35.5. The van der Waals surface area contributed by atoms with Gasteiger partial charge in [-0.25, -0.2) is 4.79 Å². The van der Waals surface area contributed by atoms with Crippen LogP contribution < -0.4 is 9.47 Å². The Morgan fingerprint density at radius 1 is 1.12 bits per heavy atom. The third-order valence-electron chi connectivity index (χ3n) is 2.77. The van der Waals surface area contributed by atoms with Crippen LogP contribution in [0.25, 0.3) is 0 Å². The summed E-state index contributed by atoms with van der Waals surface area (Å²) in [7, 11) is -1.04. The Morgan fingerprint density at radius 3 is 2.17 bits per heavy atom. The first-order chi connectivity index (χ1) is 10.9. The quantitative estimate of drug-likeness (QED) is 0.723. The van der Waals surface area contributed by atoms with Crippen LogP contribution in [0.1, 0.15) is 0 Å². The molecule has 0 N–H and O–H groups in total. The molecule has 0 spiro atoms. The van der Waals surface area contributed by atoms with Gasteiger partial charge in [0.2, 0.25) is 0 Å². The lowest BCUT2D eigenvalue weighted by atomic mass is 10.3. The minimum absolute atomic E-state index is 0.0840. The molecule has 0 fully saturated rings. The molecule has 0 aromatic heterocycles. The van der Waals surface area contributed by atoms with E-state index in [-0.39, 0.29) is 16.5 Å². The van der Waals surface area contributed by atoms with E-state index >= 15 is 0 Å². The summed E-state index contributed by atoms with van der Waals surface area (Å²) in [5.41, 5.74) is 0. The van der Waals surface area contributed by atoms with Crippen molar-refractivity contribution in [3.05, 3.63) is 17.2 Å². The van der Waals surface area contributed by atoms with Crippen LogP contribution in [0.3, 0.4) is 0 Å². The molecule has 138 valence electrons. The molecular formula is C13H20ClNO7S2. The molecule has 1 aromatic carbocycles. The number of ether oxygens (including phenoxy) is 2. The molecule has 0 unspecified atom stereocenters. The molecule has 1 rings (SSSR count). The van der Waals surface area contributed by atoms with Gasteiger partial charge in [-0.05, 0) is 18.6 Å². The van der Waals surface area contributed by atoms with E-state index in [0.29, 0.717) is 4.90 Å². The molecule has 0 aliphatic rings. The van der Waals surface area contributed by atoms with Gasteiger partial charge in [0.25, 0.3) is 0 Å². The third-order valence-corrected chi connectivity index (χ3v) is 6.88. The molecule has 0 saturated heterocycles. The van der Waals surface area contributed by atoms with Gasteiger partial charge in [0, 0.05) is 20.2 Å². The number of amides is 1. The smallest absolute Gasteiger partial charge is 0.414 e. The topological polar surface area (TPSA) is 91.4 Å². The average Bonchev–Trinajstić information content (AvgIpc) is 2.47. The minimum atomic E-state index is -4.16. The van der Waals surface area contributed by atoms with Gasteiger partial charge in [-0.2, -0.15) is 12.0 Å². The Balaban J connectivity index is 3.31. The number of rotatable bonds is 6. The van der Waals surface area contributed by atoms with E-state index in [1.165, 1.54) is 38.2 Å². The molecular weight excluding hydrogens is 382 g/mol. The standard InChI is InChI=1S/C13H20ClNO7S2/c1-15(2)13(16)21-10-8-11(19-3)12(7-9(10)14)23(5,6)22-24(17,18)20-4/h7-8H,1-6H3. The van der Waals surface area contributed by atoms with E-state index in [2.05, 4.69) is 4.18 Å². The van der Waals surface area contributed by atoms with Crippen molar-refractivity contribution in [1.82, 2.24) is 4.90 Å². The van der Waals surface area contributed by atoms with Gasteiger partial charge in [0.15, 0.2) is 5.75 Å². The lowest BCUT2D eigenvalue weighted by molar-refractivity contribution is 0.171. The van der Waals surface area contributed by atoms with Gasteiger partial charge in [-0.1, -0.05) is 21.9 Å². The average molecular weight is 402 g/mol. The molecule has 0 bridgehead atoms. The zero-order chi connectivity index (χ0) is 18.7. The Morgan fingerprint density at radius 2 is 1.71 bits per heavy atom. The van der Waals surface area contributed by atoms with Crippen molar-refractivity contribution in [3.63, 3.8) is 0 Å². The van der Waals surface area contributed by atoms with E-state index < -0.39 is 26.8 Å². The molecule has 1 aromatic rings. The number of benzene rings is 1. The lowest BCUT2D eigenvalue weighted by Crippen LogP contribution is -2.25. The molecule has 0 aliphatic heterocycles. The second-order valence-electron chi connectivity index (χ2n) is 5.07. The number of carbonyl (C=O) groups is 1. The summed E-state index contributed by atoms with van der Waals surface area (Å²) in [5, 5.41) is 0.111. The van der Waals surface area contributed by atoms with Crippen LogP contribution >= 0.6 is 21.9 Å². The normalized spacial score (nSPS) is 12.6. The zero-order valence-electron chi connectivity index (χ0n) is 14.2. The van der Waals surface area contributed by atoms with Crippen LogP contribution in [-0.4, -0.2) is 60.2 Å². The van der Waals surface area contributed by atoms with Gasteiger partial charge in [0.05, 0.1) is 24.1 Å². The van der Waals surface area contributed by atoms with E-state index in [0.717, 1.165) is 7.11 Å². The number of carbonyl (C=O) groups excluding carboxylic acids is 1. The molecule has 0 atom stereocenters. The van der Waals surface area contributed by atoms with Gasteiger partial charge in [0.1, 0.15) is 5.75 Å². The van der Waals surface area contributed by atoms with E-state index in [4.69, 9.17) is 24.7 Å². The molecule has 0 aliphatic carbocycles. The maximum Gasteiger partial charge on any atom is 0.414 e. The van der Waals surface area contributed by atoms with Crippen LogP contribution in [0.5, 0.6) is 11.5 Å². The molecule has 0 radical (unpaired) electrons. The largest absolute Gasteiger partial charge is 0.495 e. The van der Waals surface area contributed by atoms with Crippen molar-refractivity contribution >= 4 is 38.4 Å². The van der Waals surface area contributed by atoms with Crippen molar-refractivity contribution in [2.24, 2.45) is 0 Å². The van der Waals surface area contributed by atoms with Gasteiger partial charge >= 0.3 is 16.5 Å². The fraction of sp³-hybridized carbons (Fsp3) is 0.462. The Labute approximate surface area is 148 Å². The van der Waals surface area contributed by atoms with Crippen LogP contribution in [0.2, 0.25) is 5.02 Å². The summed E-state index contributed by atoms with van der Waals surface area (Å²) >= 11 is 6.14. The monoisotopic (exact) mass is 401 g/mol. The maximum atomic E-state index is 11.7. The fourth-order valence-electron chi connectivity index (χ4n) is 1.60. The number of hydrogen-bond donors (Lipinski definition) is 0. The van der Waals surface area contributed by atoms with Crippen molar-refractivity contribution in [2.45, 2.75) is 4.90 Å². The molecule has 0 heterocycles. The Bertz CT molecular complexity index is 719. The maximum absolute atomic E-state index is 11.7. The summed E-state index contributed by atoms with van der Waals surface area (Å²) in [6.45, 7) is 0. The Kier molecular flexibility index (Phi) is 6.76. The second-order valence-corrected chi connectivity index (χ2v) is 10.1. The third kappa shape index (κ3) is 5.15. The van der Waals surface area contributed by atoms with E-state index in [1.54, 1.807) is 12.5 Å². The van der Waals surface area contributed by atoms with Crippen LogP contribution in [-0.2, 0) is 18.2 Å². The number of hydrogen-bond acceptors (Lipinski definition) is 7. The first-order valence-electron chi connectivity index (χ1n) is 6.45. The fourth-order valence-corrected chi connectivity index (χ4v) is 5.07. The van der Waals surface area contributed by atoms with Gasteiger partial charge in [-0.15, -0.1) is 0 Å². The first-order valence-corrected chi connectivity index (χ1v) is 10.5. The van der Waals surface area contributed by atoms with Crippen LogP contribution in [0, 0.1) is 0 Å². The molecule has 8 nitrogen and oxygen atoms in total. The highest BCUT2D eigenvalue weighted by Gasteiger charge is 2.29. The van der Waals surface area contributed by atoms with Crippen molar-refractivity contribution in [1.29, 1.82) is 0 Å². The second kappa shape index (κ2) is 7.79. The lowest BCUT2D eigenvalue weighted by Gasteiger charge is -2.31. The minimum Gasteiger partial charge on any atom is -0.495 e.